The largest absolute Gasteiger partial charge is 0.478 e. The fourth-order valence-electron chi connectivity index (χ4n) is 1.30. The lowest BCUT2D eigenvalue weighted by Gasteiger charge is -2.08. The van der Waals surface area contributed by atoms with Gasteiger partial charge < -0.3 is 9.84 Å². The van der Waals surface area contributed by atoms with Crippen LogP contribution in [0.4, 0.5) is 5.69 Å². The highest BCUT2D eigenvalue weighted by Crippen LogP contribution is 2.21. The van der Waals surface area contributed by atoms with Gasteiger partial charge in [0.2, 0.25) is 10.0 Å². The quantitative estimate of drug-likeness (QED) is 0.765. The predicted molar refractivity (Wildman–Crippen MR) is 72.5 cm³/mol. The fraction of sp³-hybridized carbons (Fsp3) is 0.273. The molecule has 9 heteroatoms. The molecule has 0 radical (unpaired) electrons. The summed E-state index contributed by atoms with van der Waals surface area (Å²) in [5.41, 5.74) is -0.0194. The van der Waals surface area contributed by atoms with Gasteiger partial charge in [-0.05, 0) is 18.2 Å². The monoisotopic (exact) mass is 321 g/mol. The number of halogens is 1. The molecule has 0 fully saturated rings. The van der Waals surface area contributed by atoms with Gasteiger partial charge in [-0.15, -0.1) is 0 Å². The molecular weight excluding hydrogens is 310 g/mol. The molecule has 0 aliphatic carbocycles. The smallest absolute Gasteiger partial charge is 0.337 e. The average Bonchev–Trinajstić information content (AvgIpc) is 2.35. The highest BCUT2D eigenvalue weighted by molar-refractivity contribution is 7.92. The number of carbonyl (C=O) groups excluding carboxylic acids is 1. The Bertz CT molecular complexity index is 628. The van der Waals surface area contributed by atoms with Crippen LogP contribution in [0.15, 0.2) is 18.2 Å². The molecule has 0 aliphatic heterocycles. The Hall–Kier alpha value is -1.80. The number of sulfonamides is 1. The van der Waals surface area contributed by atoms with Crippen LogP contribution in [-0.4, -0.2) is 38.3 Å². The number of anilines is 1. The van der Waals surface area contributed by atoms with Crippen molar-refractivity contribution in [3.8, 4) is 0 Å². The van der Waals surface area contributed by atoms with E-state index in [0.717, 1.165) is 7.11 Å². The van der Waals surface area contributed by atoms with Crippen LogP contribution in [0.1, 0.15) is 16.8 Å². The summed E-state index contributed by atoms with van der Waals surface area (Å²) >= 11 is 5.71. The number of hydrogen-bond acceptors (Lipinski definition) is 5. The Morgan fingerprint density at radius 1 is 1.40 bits per heavy atom. The molecule has 0 aliphatic rings. The van der Waals surface area contributed by atoms with Crippen LogP contribution >= 0.6 is 11.6 Å². The first-order valence-corrected chi connectivity index (χ1v) is 7.38. The van der Waals surface area contributed by atoms with Gasteiger partial charge in [-0.25, -0.2) is 13.2 Å². The van der Waals surface area contributed by atoms with Gasteiger partial charge in [0.15, 0.2) is 0 Å². The number of carbonyl (C=O) groups is 2. The lowest BCUT2D eigenvalue weighted by Crippen LogP contribution is -2.19. The molecule has 0 aromatic heterocycles. The molecule has 0 saturated carbocycles. The van der Waals surface area contributed by atoms with Crippen molar-refractivity contribution in [3.63, 3.8) is 0 Å². The van der Waals surface area contributed by atoms with E-state index in [1.165, 1.54) is 18.2 Å². The third kappa shape index (κ3) is 4.71. The molecule has 1 rings (SSSR count). The maximum absolute atomic E-state index is 11.7. The fourth-order valence-corrected chi connectivity index (χ4v) is 2.59. The van der Waals surface area contributed by atoms with E-state index in [-0.39, 0.29) is 22.7 Å². The Labute approximate surface area is 120 Å². The van der Waals surface area contributed by atoms with E-state index in [9.17, 15) is 18.0 Å². The minimum atomic E-state index is -3.75. The second kappa shape index (κ2) is 6.58. The van der Waals surface area contributed by atoms with Gasteiger partial charge in [-0.2, -0.15) is 0 Å². The van der Waals surface area contributed by atoms with Crippen LogP contribution in [0.3, 0.4) is 0 Å². The molecule has 2 N–H and O–H groups in total. The number of ether oxygens (including phenoxy) is 1. The molecule has 0 bridgehead atoms. The van der Waals surface area contributed by atoms with E-state index in [2.05, 4.69) is 9.46 Å². The summed E-state index contributed by atoms with van der Waals surface area (Å²) in [4.78, 5) is 21.6. The zero-order chi connectivity index (χ0) is 15.3. The van der Waals surface area contributed by atoms with Gasteiger partial charge in [0.05, 0.1) is 29.9 Å². The first-order valence-electron chi connectivity index (χ1n) is 5.35. The van der Waals surface area contributed by atoms with E-state index in [1.54, 1.807) is 0 Å². The minimum absolute atomic E-state index is 0.0920. The normalized spacial score (nSPS) is 10.9. The van der Waals surface area contributed by atoms with Crippen LogP contribution in [0.5, 0.6) is 0 Å². The third-order valence-corrected chi connectivity index (χ3v) is 3.88. The maximum atomic E-state index is 11.7. The van der Waals surface area contributed by atoms with Gasteiger partial charge >= 0.3 is 11.9 Å². The summed E-state index contributed by atoms with van der Waals surface area (Å²) in [6.07, 6.45) is -0.285. The van der Waals surface area contributed by atoms with Crippen molar-refractivity contribution < 1.29 is 27.9 Å². The molecular formula is C11H12ClNO6S. The van der Waals surface area contributed by atoms with Crippen molar-refractivity contribution in [2.75, 3.05) is 17.6 Å². The molecule has 0 heterocycles. The Morgan fingerprint density at radius 2 is 2.05 bits per heavy atom. The SMILES string of the molecule is COC(=O)CCS(=O)(=O)Nc1ccc(C(=O)O)c(Cl)c1. The van der Waals surface area contributed by atoms with E-state index in [4.69, 9.17) is 16.7 Å². The van der Waals surface area contributed by atoms with Gasteiger partial charge in [0, 0.05) is 5.69 Å². The van der Waals surface area contributed by atoms with E-state index in [1.807, 2.05) is 0 Å². The van der Waals surface area contributed by atoms with Gasteiger partial charge in [0.1, 0.15) is 0 Å². The number of hydrogen-bond donors (Lipinski definition) is 2. The zero-order valence-electron chi connectivity index (χ0n) is 10.4. The van der Waals surface area contributed by atoms with Crippen molar-refractivity contribution >= 4 is 39.3 Å². The van der Waals surface area contributed by atoms with Gasteiger partial charge in [-0.1, -0.05) is 11.6 Å². The molecule has 0 amide bonds. The van der Waals surface area contributed by atoms with Crippen molar-refractivity contribution in [3.05, 3.63) is 28.8 Å². The Balaban J connectivity index is 2.80. The van der Waals surface area contributed by atoms with Crippen molar-refractivity contribution in [1.29, 1.82) is 0 Å². The lowest BCUT2D eigenvalue weighted by molar-refractivity contribution is -0.140. The second-order valence-electron chi connectivity index (χ2n) is 3.75. The molecule has 20 heavy (non-hydrogen) atoms. The molecule has 1 aromatic rings. The Morgan fingerprint density at radius 3 is 2.55 bits per heavy atom. The maximum Gasteiger partial charge on any atom is 0.337 e. The van der Waals surface area contributed by atoms with Gasteiger partial charge in [-0.3, -0.25) is 9.52 Å². The van der Waals surface area contributed by atoms with Crippen molar-refractivity contribution in [2.24, 2.45) is 0 Å². The van der Waals surface area contributed by atoms with Crippen molar-refractivity contribution in [2.45, 2.75) is 6.42 Å². The molecule has 0 unspecified atom stereocenters. The molecule has 1 aromatic carbocycles. The van der Waals surface area contributed by atoms with Crippen molar-refractivity contribution in [1.82, 2.24) is 0 Å². The van der Waals surface area contributed by atoms with Crippen LogP contribution in [-0.2, 0) is 19.6 Å². The number of methoxy groups -OCH3 is 1. The number of carboxylic acids is 1. The third-order valence-electron chi connectivity index (χ3n) is 2.28. The topological polar surface area (TPSA) is 110 Å². The number of aromatic carboxylic acids is 1. The average molecular weight is 322 g/mol. The Kier molecular flexibility index (Phi) is 5.34. The highest BCUT2D eigenvalue weighted by atomic mass is 35.5. The summed E-state index contributed by atoms with van der Waals surface area (Å²) in [7, 11) is -2.59. The molecule has 0 spiro atoms. The number of esters is 1. The predicted octanol–water partition coefficient (Wildman–Crippen LogP) is 1.34. The molecule has 110 valence electrons. The summed E-state index contributed by atoms with van der Waals surface area (Å²) in [6.45, 7) is 0. The number of rotatable bonds is 6. The van der Waals surface area contributed by atoms with Crippen LogP contribution in [0.25, 0.3) is 0 Å². The zero-order valence-corrected chi connectivity index (χ0v) is 12.0. The number of benzene rings is 1. The molecule has 0 atom stereocenters. The summed E-state index contributed by atoms with van der Waals surface area (Å²) in [5.74, 6) is -2.30. The van der Waals surface area contributed by atoms with Crippen LogP contribution < -0.4 is 4.72 Å². The standard InChI is InChI=1S/C11H12ClNO6S/c1-19-10(14)4-5-20(17,18)13-7-2-3-8(11(15)16)9(12)6-7/h2-3,6,13H,4-5H2,1H3,(H,15,16). The summed E-state index contributed by atoms with van der Waals surface area (Å²) in [5, 5.41) is 8.70. The highest BCUT2D eigenvalue weighted by Gasteiger charge is 2.15. The van der Waals surface area contributed by atoms with E-state index in [0.29, 0.717) is 0 Å². The lowest BCUT2D eigenvalue weighted by atomic mass is 10.2. The van der Waals surface area contributed by atoms with Crippen LogP contribution in [0, 0.1) is 0 Å². The minimum Gasteiger partial charge on any atom is -0.478 e. The number of nitrogens with one attached hydrogen (secondary N) is 1. The first-order chi connectivity index (χ1) is 9.25. The van der Waals surface area contributed by atoms with E-state index >= 15 is 0 Å². The van der Waals surface area contributed by atoms with Crippen LogP contribution in [0.2, 0.25) is 5.02 Å². The molecule has 7 nitrogen and oxygen atoms in total. The summed E-state index contributed by atoms with van der Waals surface area (Å²) < 4.78 is 29.9. The second-order valence-corrected chi connectivity index (χ2v) is 6.00. The van der Waals surface area contributed by atoms with Gasteiger partial charge in [0.25, 0.3) is 0 Å². The number of carboxylic acid groups (broad SMARTS) is 1. The first kappa shape index (κ1) is 16.3. The summed E-state index contributed by atoms with van der Waals surface area (Å²) in [6, 6.07) is 3.63. The van der Waals surface area contributed by atoms with E-state index < -0.39 is 27.7 Å². The molecule has 0 saturated heterocycles.